The van der Waals surface area contributed by atoms with E-state index in [2.05, 4.69) is 5.32 Å². The lowest BCUT2D eigenvalue weighted by Gasteiger charge is -2.20. The molecule has 4 aromatic rings. The van der Waals surface area contributed by atoms with Crippen molar-refractivity contribution in [2.75, 3.05) is 11.9 Å². The molecule has 0 aliphatic rings. The molecule has 0 bridgehead atoms. The largest absolute Gasteiger partial charge is 0.468 e. The van der Waals surface area contributed by atoms with Gasteiger partial charge in [0.1, 0.15) is 17.3 Å². The van der Waals surface area contributed by atoms with Crippen molar-refractivity contribution in [3.05, 3.63) is 103 Å². The first kappa shape index (κ1) is 19.5. The highest BCUT2D eigenvalue weighted by Crippen LogP contribution is 2.29. The number of hydrogen-bond donors (Lipinski definition) is 1. The summed E-state index contributed by atoms with van der Waals surface area (Å²) in [4.78, 5) is 14.8. The molecule has 1 amide bonds. The molecule has 0 aliphatic heterocycles. The first-order valence-corrected chi connectivity index (χ1v) is 9.65. The summed E-state index contributed by atoms with van der Waals surface area (Å²) in [7, 11) is 0. The van der Waals surface area contributed by atoms with Crippen molar-refractivity contribution in [1.29, 1.82) is 0 Å². The maximum Gasteiger partial charge on any atom is 0.238 e. The van der Waals surface area contributed by atoms with Crippen molar-refractivity contribution in [1.82, 2.24) is 4.90 Å². The Bertz CT molecular complexity index is 1010. The molecule has 6 nitrogen and oxygen atoms in total. The predicted octanol–water partition coefficient (Wildman–Crippen LogP) is 5.31. The molecule has 0 unspecified atom stereocenters. The number of hydrogen-bond acceptors (Lipinski definition) is 5. The van der Waals surface area contributed by atoms with E-state index in [1.807, 2.05) is 83.8 Å². The molecule has 0 fully saturated rings. The van der Waals surface area contributed by atoms with Crippen LogP contribution >= 0.6 is 0 Å². The molecule has 4 rings (SSSR count). The molecule has 2 aromatic heterocycles. The van der Waals surface area contributed by atoms with Gasteiger partial charge in [-0.25, -0.2) is 0 Å². The zero-order chi connectivity index (χ0) is 20.6. The fourth-order valence-corrected chi connectivity index (χ4v) is 3.08. The SMILES string of the molecule is O=C(CN(Cc1ccco1)Cc1ccco1)Nc1ccccc1Oc1ccccc1. The third kappa shape index (κ3) is 5.40. The van der Waals surface area contributed by atoms with Gasteiger partial charge in [0.05, 0.1) is 37.8 Å². The average Bonchev–Trinajstić information content (AvgIpc) is 3.45. The second-order valence-corrected chi connectivity index (χ2v) is 6.76. The number of carbonyl (C=O) groups excluding carboxylic acids is 1. The smallest absolute Gasteiger partial charge is 0.238 e. The van der Waals surface area contributed by atoms with Gasteiger partial charge < -0.3 is 18.9 Å². The zero-order valence-corrected chi connectivity index (χ0v) is 16.4. The first-order chi connectivity index (χ1) is 14.8. The number of anilines is 1. The number of amides is 1. The minimum Gasteiger partial charge on any atom is -0.468 e. The van der Waals surface area contributed by atoms with Crippen LogP contribution in [0, 0.1) is 0 Å². The molecule has 0 saturated heterocycles. The zero-order valence-electron chi connectivity index (χ0n) is 16.4. The summed E-state index contributed by atoms with van der Waals surface area (Å²) in [5.41, 5.74) is 0.613. The summed E-state index contributed by atoms with van der Waals surface area (Å²) in [6.45, 7) is 1.15. The number of ether oxygens (including phenoxy) is 1. The summed E-state index contributed by atoms with van der Waals surface area (Å²) in [6.07, 6.45) is 3.25. The number of furan rings is 2. The maximum absolute atomic E-state index is 12.8. The second-order valence-electron chi connectivity index (χ2n) is 6.76. The Balaban J connectivity index is 1.44. The van der Waals surface area contributed by atoms with Crippen LogP contribution in [-0.2, 0) is 17.9 Å². The molecule has 2 aromatic carbocycles. The number of nitrogens with one attached hydrogen (secondary N) is 1. The van der Waals surface area contributed by atoms with Gasteiger partial charge in [-0.05, 0) is 48.5 Å². The minimum absolute atomic E-state index is 0.155. The van der Waals surface area contributed by atoms with Crippen LogP contribution in [0.3, 0.4) is 0 Å². The quantitative estimate of drug-likeness (QED) is 0.411. The number of rotatable bonds is 9. The highest BCUT2D eigenvalue weighted by molar-refractivity contribution is 5.93. The van der Waals surface area contributed by atoms with Crippen LogP contribution in [-0.4, -0.2) is 17.4 Å². The molecule has 0 saturated carbocycles. The lowest BCUT2D eigenvalue weighted by atomic mass is 10.2. The van der Waals surface area contributed by atoms with Gasteiger partial charge in [-0.15, -0.1) is 0 Å². The van der Waals surface area contributed by atoms with Crippen LogP contribution in [0.1, 0.15) is 11.5 Å². The Morgan fingerprint density at radius 3 is 2.07 bits per heavy atom. The second kappa shape index (κ2) is 9.62. The summed E-state index contributed by atoms with van der Waals surface area (Å²) < 4.78 is 16.8. The first-order valence-electron chi connectivity index (χ1n) is 9.65. The molecular weight excluding hydrogens is 380 g/mol. The van der Waals surface area contributed by atoms with Gasteiger partial charge in [0.15, 0.2) is 5.75 Å². The summed E-state index contributed by atoms with van der Waals surface area (Å²) in [5, 5.41) is 2.95. The molecule has 30 heavy (non-hydrogen) atoms. The van der Waals surface area contributed by atoms with Gasteiger partial charge in [-0.2, -0.15) is 0 Å². The van der Waals surface area contributed by atoms with E-state index < -0.39 is 0 Å². The molecule has 0 aliphatic carbocycles. The Labute approximate surface area is 174 Å². The van der Waals surface area contributed by atoms with Gasteiger partial charge in [0.2, 0.25) is 5.91 Å². The highest BCUT2D eigenvalue weighted by atomic mass is 16.5. The van der Waals surface area contributed by atoms with Crippen molar-refractivity contribution in [3.63, 3.8) is 0 Å². The van der Waals surface area contributed by atoms with E-state index in [0.29, 0.717) is 30.3 Å². The monoisotopic (exact) mass is 402 g/mol. The van der Waals surface area contributed by atoms with E-state index in [1.54, 1.807) is 12.5 Å². The van der Waals surface area contributed by atoms with Crippen LogP contribution in [0.2, 0.25) is 0 Å². The van der Waals surface area contributed by atoms with E-state index >= 15 is 0 Å². The van der Waals surface area contributed by atoms with Crippen LogP contribution in [0.4, 0.5) is 5.69 Å². The molecule has 0 radical (unpaired) electrons. The molecule has 152 valence electrons. The average molecular weight is 402 g/mol. The van der Waals surface area contributed by atoms with E-state index in [1.165, 1.54) is 0 Å². The summed E-state index contributed by atoms with van der Waals surface area (Å²) in [5.74, 6) is 2.69. The van der Waals surface area contributed by atoms with Crippen molar-refractivity contribution in [3.8, 4) is 11.5 Å². The lowest BCUT2D eigenvalue weighted by Crippen LogP contribution is -2.32. The highest BCUT2D eigenvalue weighted by Gasteiger charge is 2.16. The Kier molecular flexibility index (Phi) is 6.27. The molecular formula is C24H22N2O4. The summed E-state index contributed by atoms with van der Waals surface area (Å²) >= 11 is 0. The van der Waals surface area contributed by atoms with Gasteiger partial charge >= 0.3 is 0 Å². The molecule has 6 heteroatoms. The van der Waals surface area contributed by atoms with Crippen molar-refractivity contribution in [2.45, 2.75) is 13.1 Å². The van der Waals surface area contributed by atoms with Crippen LogP contribution in [0.25, 0.3) is 0 Å². The Morgan fingerprint density at radius 2 is 1.43 bits per heavy atom. The predicted molar refractivity (Wildman–Crippen MR) is 113 cm³/mol. The standard InChI is InChI=1S/C24H22N2O4/c27-24(18-26(16-20-10-6-14-28-20)17-21-11-7-15-29-21)25-22-12-4-5-13-23(22)30-19-8-2-1-3-9-19/h1-15H,16-18H2,(H,25,27). The fraction of sp³-hybridized carbons (Fsp3) is 0.125. The topological polar surface area (TPSA) is 67.9 Å². The van der Waals surface area contributed by atoms with Gasteiger partial charge in [-0.3, -0.25) is 9.69 Å². The third-order valence-corrected chi connectivity index (χ3v) is 4.42. The third-order valence-electron chi connectivity index (χ3n) is 4.42. The molecule has 2 heterocycles. The lowest BCUT2D eigenvalue weighted by molar-refractivity contribution is -0.117. The molecule has 1 N–H and O–H groups in total. The normalized spacial score (nSPS) is 10.8. The molecule has 0 atom stereocenters. The van der Waals surface area contributed by atoms with Gasteiger partial charge in [0, 0.05) is 0 Å². The Morgan fingerprint density at radius 1 is 0.800 bits per heavy atom. The minimum atomic E-state index is -0.155. The van der Waals surface area contributed by atoms with E-state index in [0.717, 1.165) is 11.5 Å². The summed E-state index contributed by atoms with van der Waals surface area (Å²) in [6, 6.07) is 24.3. The van der Waals surface area contributed by atoms with Crippen LogP contribution < -0.4 is 10.1 Å². The van der Waals surface area contributed by atoms with Gasteiger partial charge in [-0.1, -0.05) is 30.3 Å². The van der Waals surface area contributed by atoms with E-state index in [-0.39, 0.29) is 12.5 Å². The fourth-order valence-electron chi connectivity index (χ4n) is 3.08. The Hall–Kier alpha value is -3.77. The maximum atomic E-state index is 12.8. The number of benzene rings is 2. The van der Waals surface area contributed by atoms with Crippen molar-refractivity contribution < 1.29 is 18.4 Å². The van der Waals surface area contributed by atoms with Gasteiger partial charge in [0.25, 0.3) is 0 Å². The van der Waals surface area contributed by atoms with Crippen LogP contribution in [0.15, 0.2) is 100 Å². The number of para-hydroxylation sites is 3. The van der Waals surface area contributed by atoms with Crippen LogP contribution in [0.5, 0.6) is 11.5 Å². The van der Waals surface area contributed by atoms with Crippen molar-refractivity contribution in [2.24, 2.45) is 0 Å². The number of carbonyl (C=O) groups is 1. The molecule has 0 spiro atoms. The van der Waals surface area contributed by atoms with E-state index in [4.69, 9.17) is 13.6 Å². The van der Waals surface area contributed by atoms with Crippen molar-refractivity contribution >= 4 is 11.6 Å². The number of nitrogens with zero attached hydrogens (tertiary/aromatic N) is 1. The van der Waals surface area contributed by atoms with E-state index in [9.17, 15) is 4.79 Å².